The topological polar surface area (TPSA) is 15.3 Å². The molecule has 0 spiro atoms. The number of halogens is 3. The molecule has 100 valence electrons. The summed E-state index contributed by atoms with van der Waals surface area (Å²) in [6.07, 6.45) is -0.0156. The number of likely N-dealkylation sites (tertiary alicyclic amines) is 1. The van der Waals surface area contributed by atoms with Gasteiger partial charge >= 0.3 is 6.18 Å². The van der Waals surface area contributed by atoms with Gasteiger partial charge in [0.05, 0.1) is 6.42 Å². The predicted molar refractivity (Wildman–Crippen MR) is 60.9 cm³/mol. The molecule has 17 heavy (non-hydrogen) atoms. The van der Waals surface area contributed by atoms with Crippen LogP contribution in [0.3, 0.4) is 0 Å². The van der Waals surface area contributed by atoms with Gasteiger partial charge in [-0.1, -0.05) is 0 Å². The van der Waals surface area contributed by atoms with Crippen molar-refractivity contribution in [1.29, 1.82) is 0 Å². The number of nitrogens with one attached hydrogen (secondary N) is 1. The fourth-order valence-corrected chi connectivity index (χ4v) is 2.30. The van der Waals surface area contributed by atoms with Crippen molar-refractivity contribution in [2.75, 3.05) is 26.2 Å². The van der Waals surface area contributed by atoms with E-state index in [1.54, 1.807) is 0 Å². The number of alkyl halides is 3. The van der Waals surface area contributed by atoms with E-state index in [0.717, 1.165) is 38.4 Å². The second-order valence-corrected chi connectivity index (χ2v) is 5.33. The number of hydrogen-bond acceptors (Lipinski definition) is 2. The molecule has 2 aliphatic rings. The van der Waals surface area contributed by atoms with Crippen LogP contribution in [-0.4, -0.2) is 43.3 Å². The van der Waals surface area contributed by atoms with Crippen LogP contribution in [0.15, 0.2) is 0 Å². The number of rotatable bonds is 5. The maximum atomic E-state index is 12.1. The van der Waals surface area contributed by atoms with Gasteiger partial charge in [-0.3, -0.25) is 0 Å². The monoisotopic (exact) mass is 250 g/mol. The second-order valence-electron chi connectivity index (χ2n) is 5.33. The first-order valence-corrected chi connectivity index (χ1v) is 6.55. The molecule has 0 aromatic heterocycles. The van der Waals surface area contributed by atoms with E-state index in [1.807, 2.05) is 4.90 Å². The Morgan fingerprint density at radius 3 is 2.24 bits per heavy atom. The number of piperidine rings is 1. The van der Waals surface area contributed by atoms with Crippen LogP contribution in [0.2, 0.25) is 0 Å². The summed E-state index contributed by atoms with van der Waals surface area (Å²) in [6.45, 7) is 2.88. The Kier molecular flexibility index (Phi) is 4.31. The Bertz CT molecular complexity index is 230. The molecular formula is C12H21F3N2. The van der Waals surface area contributed by atoms with Crippen LogP contribution in [0.1, 0.15) is 32.1 Å². The van der Waals surface area contributed by atoms with Crippen LogP contribution in [0.4, 0.5) is 13.2 Å². The highest BCUT2D eigenvalue weighted by Crippen LogP contribution is 2.28. The molecule has 0 radical (unpaired) electrons. The van der Waals surface area contributed by atoms with Gasteiger partial charge in [0.15, 0.2) is 0 Å². The number of hydrogen-bond donors (Lipinski definition) is 1. The van der Waals surface area contributed by atoms with Crippen LogP contribution < -0.4 is 5.32 Å². The minimum atomic E-state index is -4.01. The largest absolute Gasteiger partial charge is 0.390 e. The highest BCUT2D eigenvalue weighted by Gasteiger charge is 2.29. The third-order valence-electron chi connectivity index (χ3n) is 3.69. The first-order valence-electron chi connectivity index (χ1n) is 6.55. The molecule has 1 saturated carbocycles. The lowest BCUT2D eigenvalue weighted by atomic mass is 10.0. The fraction of sp³-hybridized carbons (Fsp3) is 1.00. The van der Waals surface area contributed by atoms with E-state index >= 15 is 0 Å². The summed E-state index contributed by atoms with van der Waals surface area (Å²) < 4.78 is 36.2. The lowest BCUT2D eigenvalue weighted by Crippen LogP contribution is -2.43. The molecule has 0 aromatic rings. The van der Waals surface area contributed by atoms with Gasteiger partial charge in [-0.2, -0.15) is 13.2 Å². The molecule has 0 atom stereocenters. The molecule has 0 amide bonds. The summed E-state index contributed by atoms with van der Waals surface area (Å²) in [7, 11) is 0. The summed E-state index contributed by atoms with van der Waals surface area (Å²) in [4.78, 5) is 1.93. The highest BCUT2D eigenvalue weighted by atomic mass is 19.4. The van der Waals surface area contributed by atoms with Gasteiger partial charge in [0.1, 0.15) is 0 Å². The van der Waals surface area contributed by atoms with Crippen LogP contribution >= 0.6 is 0 Å². The van der Waals surface area contributed by atoms with Crippen molar-refractivity contribution in [3.63, 3.8) is 0 Å². The zero-order valence-electron chi connectivity index (χ0n) is 10.1. The fourth-order valence-electron chi connectivity index (χ4n) is 2.30. The molecule has 2 rings (SSSR count). The minimum Gasteiger partial charge on any atom is -0.314 e. The normalized spacial score (nSPS) is 24.2. The Morgan fingerprint density at radius 2 is 1.71 bits per heavy atom. The van der Waals surface area contributed by atoms with Crippen molar-refractivity contribution >= 4 is 0 Å². The van der Waals surface area contributed by atoms with Crippen LogP contribution in [0.25, 0.3) is 0 Å². The maximum Gasteiger partial charge on any atom is 0.390 e. The Labute approximate surface area is 101 Å². The molecular weight excluding hydrogens is 229 g/mol. The van der Waals surface area contributed by atoms with Gasteiger partial charge in [0.25, 0.3) is 0 Å². The van der Waals surface area contributed by atoms with Crippen molar-refractivity contribution in [1.82, 2.24) is 10.2 Å². The van der Waals surface area contributed by atoms with Gasteiger partial charge < -0.3 is 10.2 Å². The Balaban J connectivity index is 1.56. The van der Waals surface area contributed by atoms with E-state index in [0.29, 0.717) is 6.04 Å². The van der Waals surface area contributed by atoms with Crippen molar-refractivity contribution in [3.05, 3.63) is 0 Å². The Morgan fingerprint density at radius 1 is 1.06 bits per heavy atom. The van der Waals surface area contributed by atoms with Gasteiger partial charge in [-0.25, -0.2) is 0 Å². The smallest absolute Gasteiger partial charge is 0.314 e. The average Bonchev–Trinajstić information content (AvgIpc) is 3.08. The molecule has 0 aromatic carbocycles. The third-order valence-corrected chi connectivity index (χ3v) is 3.69. The zero-order valence-corrected chi connectivity index (χ0v) is 10.1. The maximum absolute atomic E-state index is 12.1. The van der Waals surface area contributed by atoms with E-state index in [9.17, 15) is 13.2 Å². The zero-order chi connectivity index (χ0) is 12.3. The molecule has 0 bridgehead atoms. The van der Waals surface area contributed by atoms with Gasteiger partial charge in [0.2, 0.25) is 0 Å². The first kappa shape index (κ1) is 13.1. The summed E-state index contributed by atoms with van der Waals surface area (Å²) in [5, 5.41) is 3.53. The highest BCUT2D eigenvalue weighted by molar-refractivity contribution is 4.81. The molecule has 2 fully saturated rings. The lowest BCUT2D eigenvalue weighted by molar-refractivity contribution is -0.138. The van der Waals surface area contributed by atoms with Gasteiger partial charge in [-0.05, 0) is 51.2 Å². The summed E-state index contributed by atoms with van der Waals surface area (Å²) in [5.74, 6) is 0.873. The van der Waals surface area contributed by atoms with E-state index in [2.05, 4.69) is 5.32 Å². The molecule has 1 aliphatic carbocycles. The molecule has 0 unspecified atom stereocenters. The summed E-state index contributed by atoms with van der Waals surface area (Å²) >= 11 is 0. The summed E-state index contributed by atoms with van der Waals surface area (Å²) in [6, 6.07) is 0.526. The molecule has 5 heteroatoms. The predicted octanol–water partition coefficient (Wildman–Crippen LogP) is 2.40. The minimum absolute atomic E-state index is 0.166. The van der Waals surface area contributed by atoms with E-state index in [-0.39, 0.29) is 6.54 Å². The van der Waals surface area contributed by atoms with E-state index in [1.165, 1.54) is 12.8 Å². The van der Waals surface area contributed by atoms with Crippen molar-refractivity contribution < 1.29 is 13.2 Å². The van der Waals surface area contributed by atoms with Crippen molar-refractivity contribution in [2.45, 2.75) is 44.3 Å². The quantitative estimate of drug-likeness (QED) is 0.806. The number of nitrogens with zero attached hydrogens (tertiary/aromatic N) is 1. The average molecular weight is 250 g/mol. The summed E-state index contributed by atoms with van der Waals surface area (Å²) in [5.41, 5.74) is 0. The molecule has 1 aliphatic heterocycles. The van der Waals surface area contributed by atoms with Crippen LogP contribution in [-0.2, 0) is 0 Å². The lowest BCUT2D eigenvalue weighted by Gasteiger charge is -2.32. The van der Waals surface area contributed by atoms with Crippen molar-refractivity contribution in [3.8, 4) is 0 Å². The van der Waals surface area contributed by atoms with Gasteiger partial charge in [0, 0.05) is 12.6 Å². The first-order chi connectivity index (χ1) is 8.03. The van der Waals surface area contributed by atoms with Crippen LogP contribution in [0.5, 0.6) is 0 Å². The Hall–Kier alpha value is -0.290. The van der Waals surface area contributed by atoms with Gasteiger partial charge in [-0.15, -0.1) is 0 Å². The molecule has 1 saturated heterocycles. The van der Waals surface area contributed by atoms with E-state index in [4.69, 9.17) is 0 Å². The van der Waals surface area contributed by atoms with E-state index < -0.39 is 12.6 Å². The SMILES string of the molecule is FC(F)(F)CCN1CCC(NCC2CC2)CC1. The van der Waals surface area contributed by atoms with Crippen LogP contribution in [0, 0.1) is 5.92 Å². The third kappa shape index (κ3) is 5.25. The second kappa shape index (κ2) is 5.57. The molecule has 1 heterocycles. The molecule has 1 N–H and O–H groups in total. The van der Waals surface area contributed by atoms with Crippen molar-refractivity contribution in [2.24, 2.45) is 5.92 Å². The standard InChI is InChI=1S/C12H21F3N2/c13-12(14,15)5-8-17-6-3-11(4-7-17)16-9-10-1-2-10/h10-11,16H,1-9H2. The molecule has 2 nitrogen and oxygen atoms in total.